The molecule has 4 aromatic carbocycles. The summed E-state index contributed by atoms with van der Waals surface area (Å²) in [7, 11) is 0. The number of carbonyl (C=O) groups excluding carboxylic acids is 1. The van der Waals surface area contributed by atoms with Crippen LogP contribution in [0.2, 0.25) is 5.02 Å². The Labute approximate surface area is 247 Å². The summed E-state index contributed by atoms with van der Waals surface area (Å²) in [6.07, 6.45) is 1.50. The van der Waals surface area contributed by atoms with Crippen LogP contribution < -0.4 is 15.5 Å². The van der Waals surface area contributed by atoms with Gasteiger partial charge >= 0.3 is 0 Å². The van der Waals surface area contributed by atoms with Crippen LogP contribution in [0.3, 0.4) is 0 Å². The Morgan fingerprint density at radius 3 is 2.62 bits per heavy atom. The van der Waals surface area contributed by atoms with Crippen LogP contribution in [0.15, 0.2) is 106 Å². The first kappa shape index (κ1) is 27.5. The molecule has 0 fully saturated rings. The van der Waals surface area contributed by atoms with E-state index in [1.807, 2.05) is 53.9 Å². The maximum Gasteiger partial charge on any atom is 0.271 e. The quantitative estimate of drug-likeness (QED) is 0.126. The van der Waals surface area contributed by atoms with Crippen molar-refractivity contribution >= 4 is 61.8 Å². The molecular weight excluding hydrogens is 615 g/mol. The van der Waals surface area contributed by atoms with E-state index in [4.69, 9.17) is 16.3 Å². The highest BCUT2D eigenvalue weighted by Gasteiger charge is 2.09. The Bertz CT molecular complexity index is 1660. The van der Waals surface area contributed by atoms with Gasteiger partial charge in [-0.3, -0.25) is 4.79 Å². The van der Waals surface area contributed by atoms with E-state index in [0.29, 0.717) is 27.5 Å². The van der Waals surface area contributed by atoms with Gasteiger partial charge in [0, 0.05) is 37.3 Å². The molecule has 1 aromatic heterocycles. The zero-order valence-corrected chi connectivity index (χ0v) is 23.9. The monoisotopic (exact) mass is 634 g/mol. The number of thiazole rings is 1. The summed E-state index contributed by atoms with van der Waals surface area (Å²) in [5.74, 6) is -0.136. The predicted molar refractivity (Wildman–Crippen MR) is 162 cm³/mol. The van der Waals surface area contributed by atoms with E-state index in [2.05, 4.69) is 36.8 Å². The number of aromatic nitrogens is 1. The van der Waals surface area contributed by atoms with Gasteiger partial charge in [-0.25, -0.2) is 14.8 Å². The van der Waals surface area contributed by atoms with Crippen molar-refractivity contribution in [3.8, 4) is 17.0 Å². The van der Waals surface area contributed by atoms with E-state index in [-0.39, 0.29) is 18.3 Å². The van der Waals surface area contributed by atoms with E-state index in [9.17, 15) is 9.18 Å². The number of hydrogen-bond acceptors (Lipinski definition) is 6. The fourth-order valence-corrected chi connectivity index (χ4v) is 4.92. The van der Waals surface area contributed by atoms with Crippen LogP contribution >= 0.6 is 38.9 Å². The lowest BCUT2D eigenvalue weighted by Crippen LogP contribution is -2.17. The third-order valence-corrected chi connectivity index (χ3v) is 7.17. The van der Waals surface area contributed by atoms with Gasteiger partial charge < -0.3 is 10.1 Å². The van der Waals surface area contributed by atoms with Crippen LogP contribution in [0.4, 0.5) is 15.2 Å². The van der Waals surface area contributed by atoms with Crippen LogP contribution in [-0.2, 0) is 6.61 Å². The number of nitrogens with zero attached hydrogens (tertiary/aromatic N) is 2. The Morgan fingerprint density at radius 1 is 1.05 bits per heavy atom. The fraction of sp³-hybridized carbons (Fsp3) is 0.0333. The second-order valence-electron chi connectivity index (χ2n) is 8.55. The second-order valence-corrected chi connectivity index (χ2v) is 10.8. The lowest BCUT2D eigenvalue weighted by molar-refractivity contribution is 0.0955. The summed E-state index contributed by atoms with van der Waals surface area (Å²) in [6, 6.07) is 26.2. The smallest absolute Gasteiger partial charge is 0.271 e. The second kappa shape index (κ2) is 12.9. The number of halogens is 3. The lowest BCUT2D eigenvalue weighted by atomic mass is 10.1. The van der Waals surface area contributed by atoms with E-state index in [0.717, 1.165) is 26.5 Å². The molecule has 200 valence electrons. The number of anilines is 2. The first-order valence-electron chi connectivity index (χ1n) is 12.0. The normalized spacial score (nSPS) is 11.0. The Hall–Kier alpha value is -4.05. The van der Waals surface area contributed by atoms with Gasteiger partial charge in [-0.1, -0.05) is 51.8 Å². The van der Waals surface area contributed by atoms with Gasteiger partial charge in [-0.2, -0.15) is 5.10 Å². The molecular formula is C30H21BrClFN4O2S. The first-order chi connectivity index (χ1) is 19.4. The van der Waals surface area contributed by atoms with Crippen molar-refractivity contribution in [2.24, 2.45) is 5.10 Å². The van der Waals surface area contributed by atoms with Crippen LogP contribution in [-0.4, -0.2) is 17.1 Å². The lowest BCUT2D eigenvalue weighted by Gasteiger charge is -2.10. The third-order valence-electron chi connectivity index (χ3n) is 5.67. The Kier molecular flexibility index (Phi) is 8.85. The maximum absolute atomic E-state index is 13.5. The number of rotatable bonds is 9. The number of benzene rings is 4. The van der Waals surface area contributed by atoms with Crippen molar-refractivity contribution < 1.29 is 13.9 Å². The molecule has 0 aliphatic rings. The van der Waals surface area contributed by atoms with Crippen molar-refractivity contribution in [2.75, 3.05) is 5.32 Å². The molecule has 0 saturated carbocycles. The van der Waals surface area contributed by atoms with Crippen LogP contribution in [0.5, 0.6) is 5.75 Å². The molecule has 5 aromatic rings. The molecule has 2 N–H and O–H groups in total. The number of hydrazone groups is 1. The van der Waals surface area contributed by atoms with Gasteiger partial charge in [0.2, 0.25) is 0 Å². The summed E-state index contributed by atoms with van der Waals surface area (Å²) in [5, 5.41) is 10.7. The zero-order valence-electron chi connectivity index (χ0n) is 20.8. The van der Waals surface area contributed by atoms with Gasteiger partial charge in [-0.15, -0.1) is 11.3 Å². The Balaban J connectivity index is 1.20. The van der Waals surface area contributed by atoms with Crippen LogP contribution in [0.1, 0.15) is 21.5 Å². The SMILES string of the molecule is O=C(N/N=C\c1cc(Br)ccc1OCc1cccc(F)c1)c1ccc(-c2csc(Nc3ccc(Cl)cc3)n2)cc1. The average Bonchev–Trinajstić information content (AvgIpc) is 3.42. The highest BCUT2D eigenvalue weighted by Crippen LogP contribution is 2.28. The molecule has 1 amide bonds. The number of hydrogen-bond donors (Lipinski definition) is 2. The minimum atomic E-state index is -0.358. The summed E-state index contributed by atoms with van der Waals surface area (Å²) in [4.78, 5) is 17.3. The summed E-state index contributed by atoms with van der Waals surface area (Å²) < 4.78 is 20.2. The summed E-state index contributed by atoms with van der Waals surface area (Å²) in [5.41, 5.74) is 6.92. The molecule has 40 heavy (non-hydrogen) atoms. The molecule has 0 aliphatic carbocycles. The molecule has 1 heterocycles. The van der Waals surface area contributed by atoms with E-state index in [1.165, 1.54) is 29.7 Å². The number of amides is 1. The van der Waals surface area contributed by atoms with Gasteiger partial charge in [0.15, 0.2) is 5.13 Å². The summed E-state index contributed by atoms with van der Waals surface area (Å²) >= 11 is 10.9. The van der Waals surface area contributed by atoms with E-state index < -0.39 is 0 Å². The molecule has 0 radical (unpaired) electrons. The Morgan fingerprint density at radius 2 is 1.85 bits per heavy atom. The van der Waals surface area contributed by atoms with Crippen molar-refractivity contribution in [3.05, 3.63) is 128 Å². The maximum atomic E-state index is 13.5. The molecule has 0 aliphatic heterocycles. The molecule has 0 saturated heterocycles. The van der Waals surface area contributed by atoms with Gasteiger partial charge in [-0.05, 0) is 72.3 Å². The molecule has 0 spiro atoms. The third kappa shape index (κ3) is 7.32. The van der Waals surface area contributed by atoms with Crippen molar-refractivity contribution in [1.82, 2.24) is 10.4 Å². The van der Waals surface area contributed by atoms with Gasteiger partial charge in [0.25, 0.3) is 5.91 Å². The molecule has 0 atom stereocenters. The average molecular weight is 636 g/mol. The standard InChI is InChI=1S/C30H21BrClFN4O2S/c31-23-8-13-28(39-17-19-2-1-3-25(33)14-19)22(15-23)16-34-37-29(38)21-6-4-20(5-7-21)27-18-40-30(36-27)35-26-11-9-24(32)10-12-26/h1-16,18H,17H2,(H,35,36)(H,37,38)/b34-16-. The fourth-order valence-electron chi connectivity index (χ4n) is 3.68. The first-order valence-corrected chi connectivity index (χ1v) is 14.1. The number of carbonyl (C=O) groups is 1. The van der Waals surface area contributed by atoms with E-state index in [1.54, 1.807) is 30.3 Å². The van der Waals surface area contributed by atoms with Gasteiger partial charge in [0.1, 0.15) is 18.2 Å². The molecule has 10 heteroatoms. The summed E-state index contributed by atoms with van der Waals surface area (Å²) in [6.45, 7) is 0.191. The topological polar surface area (TPSA) is 75.6 Å². The van der Waals surface area contributed by atoms with Crippen molar-refractivity contribution in [3.63, 3.8) is 0 Å². The minimum Gasteiger partial charge on any atom is -0.488 e. The van der Waals surface area contributed by atoms with Gasteiger partial charge in [0.05, 0.1) is 11.9 Å². The molecule has 6 nitrogen and oxygen atoms in total. The van der Waals surface area contributed by atoms with Crippen LogP contribution in [0.25, 0.3) is 11.3 Å². The predicted octanol–water partition coefficient (Wildman–Crippen LogP) is 8.45. The zero-order chi connectivity index (χ0) is 27.9. The van der Waals surface area contributed by atoms with E-state index >= 15 is 0 Å². The van der Waals surface area contributed by atoms with Crippen molar-refractivity contribution in [1.29, 1.82) is 0 Å². The number of ether oxygens (including phenoxy) is 1. The molecule has 0 unspecified atom stereocenters. The minimum absolute atomic E-state index is 0.191. The van der Waals surface area contributed by atoms with Crippen LogP contribution in [0, 0.1) is 5.82 Å². The largest absolute Gasteiger partial charge is 0.488 e. The number of nitrogens with one attached hydrogen (secondary N) is 2. The highest BCUT2D eigenvalue weighted by atomic mass is 79.9. The highest BCUT2D eigenvalue weighted by molar-refractivity contribution is 9.10. The molecule has 0 bridgehead atoms. The molecule has 5 rings (SSSR count). The van der Waals surface area contributed by atoms with Crippen molar-refractivity contribution in [2.45, 2.75) is 6.61 Å².